The van der Waals surface area contributed by atoms with Crippen LogP contribution in [0.25, 0.3) is 10.9 Å². The fraction of sp³-hybridized carbons (Fsp3) is 0.547. The van der Waals surface area contributed by atoms with Gasteiger partial charge in [-0.15, -0.1) is 0 Å². The number of hydrogen-bond donors (Lipinski definition) is 23. The van der Waals surface area contributed by atoms with E-state index >= 15 is 14.4 Å². The van der Waals surface area contributed by atoms with Gasteiger partial charge in [0.25, 0.3) is 0 Å². The van der Waals surface area contributed by atoms with Crippen LogP contribution in [0, 0.1) is 0 Å². The molecule has 15 atom stereocenters. The van der Waals surface area contributed by atoms with Gasteiger partial charge in [0.2, 0.25) is 76.8 Å². The number of nitrogens with zero attached hydrogens (tertiary/aromatic N) is 1. The summed E-state index contributed by atoms with van der Waals surface area (Å²) in [5.41, 5.74) is 19.4. The topological polar surface area (TPSA) is 582 Å². The van der Waals surface area contributed by atoms with Crippen molar-refractivity contribution in [3.8, 4) is 0 Å². The Morgan fingerprint density at radius 2 is 0.903 bits per heavy atom. The molecule has 36 nitrogen and oxygen atoms in total. The zero-order valence-corrected chi connectivity index (χ0v) is 65.6. The highest BCUT2D eigenvalue weighted by atomic mass is 32.1. The Labute approximate surface area is 665 Å². The number of carboxylic acids is 1. The number of benzene rings is 3. The summed E-state index contributed by atoms with van der Waals surface area (Å²) >= 11 is 8.35. The third-order valence-corrected chi connectivity index (χ3v) is 19.7. The van der Waals surface area contributed by atoms with Crippen LogP contribution in [-0.2, 0) is 86.4 Å². The minimum absolute atomic E-state index is 0.0178. The van der Waals surface area contributed by atoms with E-state index in [0.717, 1.165) is 25.2 Å². The lowest BCUT2D eigenvalue weighted by Crippen LogP contribution is -2.63. The van der Waals surface area contributed by atoms with E-state index in [1.54, 1.807) is 91.1 Å². The molecule has 0 unspecified atom stereocenters. The van der Waals surface area contributed by atoms with Gasteiger partial charge in [-0.25, -0.2) is 4.79 Å². The number of unbranched alkanes of at least 4 members (excludes halogenated alkanes) is 2. The number of nitrogens with one attached hydrogen (secondary N) is 13. The fourth-order valence-corrected chi connectivity index (χ4v) is 13.1. The van der Waals surface area contributed by atoms with Crippen molar-refractivity contribution in [3.63, 3.8) is 0 Å². The number of thiol groups is 2. The maximum absolute atomic E-state index is 15.2. The summed E-state index contributed by atoms with van der Waals surface area (Å²) in [6, 6.07) is 3.65. The molecule has 5 rings (SSSR count). The molecule has 38 heteroatoms. The maximum Gasteiger partial charge on any atom is 0.327 e. The van der Waals surface area contributed by atoms with Crippen molar-refractivity contribution >= 4 is 119 Å². The number of aliphatic hydroxyl groups excluding tert-OH is 4. The Bertz CT molecular complexity index is 3820. The number of aliphatic hydroxyl groups is 4. The van der Waals surface area contributed by atoms with Gasteiger partial charge >= 0.3 is 5.97 Å². The van der Waals surface area contributed by atoms with Crippen LogP contribution in [0.3, 0.4) is 0 Å². The lowest BCUT2D eigenvalue weighted by molar-refractivity contribution is -0.154. The molecule has 0 bridgehead atoms. The van der Waals surface area contributed by atoms with Crippen molar-refractivity contribution in [1.29, 1.82) is 0 Å². The molecule has 1 aliphatic rings. The van der Waals surface area contributed by atoms with E-state index in [-0.39, 0.29) is 63.1 Å². The van der Waals surface area contributed by atoms with Crippen molar-refractivity contribution in [2.24, 2.45) is 17.2 Å². The van der Waals surface area contributed by atoms with Gasteiger partial charge in [0.05, 0.1) is 32.0 Å². The number of para-hydroxylation sites is 1. The van der Waals surface area contributed by atoms with E-state index in [9.17, 15) is 78.3 Å². The van der Waals surface area contributed by atoms with E-state index in [1.165, 1.54) is 13.8 Å². The van der Waals surface area contributed by atoms with Gasteiger partial charge in [-0.2, -0.15) is 25.3 Å². The molecule has 1 heterocycles. The molecule has 3 aromatic carbocycles. The minimum atomic E-state index is -1.85. The lowest BCUT2D eigenvalue weighted by atomic mass is 9.92. The summed E-state index contributed by atoms with van der Waals surface area (Å²) in [5.74, 6) is -14.2. The first kappa shape index (κ1) is 93.8. The third-order valence-electron chi connectivity index (χ3n) is 19.0. The predicted octanol–water partition coefficient (Wildman–Crippen LogP) is -4.51. The highest BCUT2D eigenvalue weighted by Gasteiger charge is 2.42. The highest BCUT2D eigenvalue weighted by Crippen LogP contribution is 2.26. The Hall–Kier alpha value is -9.80. The van der Waals surface area contributed by atoms with Crippen LogP contribution in [0.15, 0.2) is 91.1 Å². The number of aromatic amines is 1. The van der Waals surface area contributed by atoms with Crippen LogP contribution >= 0.6 is 25.3 Å². The average Bonchev–Trinajstić information content (AvgIpc) is 1.25. The number of carboxylic acid groups (broad SMARTS) is 1. The number of aromatic nitrogens is 1. The van der Waals surface area contributed by atoms with Crippen LogP contribution in [-0.4, -0.2) is 259 Å². The summed E-state index contributed by atoms with van der Waals surface area (Å²) in [7, 11) is 0. The first-order valence-corrected chi connectivity index (χ1v) is 38.9. The largest absolute Gasteiger partial charge is 0.480 e. The van der Waals surface area contributed by atoms with Crippen LogP contribution in [0.2, 0.25) is 0 Å². The number of hydrogen-bond acceptors (Lipinski definition) is 23. The van der Waals surface area contributed by atoms with Gasteiger partial charge < -0.3 is 116 Å². The molecule has 113 heavy (non-hydrogen) atoms. The fourth-order valence-electron chi connectivity index (χ4n) is 12.5. The lowest BCUT2D eigenvalue weighted by Gasteiger charge is -2.39. The highest BCUT2D eigenvalue weighted by molar-refractivity contribution is 7.80. The molecule has 622 valence electrons. The van der Waals surface area contributed by atoms with Crippen molar-refractivity contribution in [3.05, 3.63) is 108 Å². The number of aliphatic carboxylic acids is 1. The Kier molecular flexibility index (Phi) is 40.1. The molecule has 1 aromatic heterocycles. The molecular weight excluding hydrogens is 1510 g/mol. The van der Waals surface area contributed by atoms with E-state index in [4.69, 9.17) is 17.2 Å². The number of carbonyl (C=O) groups excluding carboxylic acids is 13. The van der Waals surface area contributed by atoms with Crippen LogP contribution < -0.4 is 81.0 Å². The average molecular weight is 1620 g/mol. The summed E-state index contributed by atoms with van der Waals surface area (Å²) < 4.78 is 0. The molecule has 1 aliphatic carbocycles. The predicted molar refractivity (Wildman–Crippen MR) is 422 cm³/mol. The zero-order valence-electron chi connectivity index (χ0n) is 63.8. The molecule has 0 aliphatic heterocycles. The Morgan fingerprint density at radius 3 is 1.38 bits per heavy atom. The molecular formula is C75H111N17O19S2. The molecule has 0 spiro atoms. The van der Waals surface area contributed by atoms with Crippen LogP contribution in [0.4, 0.5) is 0 Å². The van der Waals surface area contributed by atoms with Crippen molar-refractivity contribution in [2.45, 2.75) is 214 Å². The van der Waals surface area contributed by atoms with Gasteiger partial charge in [-0.3, -0.25) is 62.3 Å². The molecule has 0 radical (unpaired) electrons. The second-order valence-electron chi connectivity index (χ2n) is 27.9. The minimum Gasteiger partial charge on any atom is -0.480 e. The number of fused-ring (bicyclic) bond motifs is 1. The zero-order chi connectivity index (χ0) is 83.4. The smallest absolute Gasteiger partial charge is 0.327 e. The maximum atomic E-state index is 15.2. The van der Waals surface area contributed by atoms with E-state index in [2.05, 4.69) is 94.0 Å². The monoisotopic (exact) mass is 1620 g/mol. The number of nitrogens with two attached hydrogens (primary N) is 3. The first-order chi connectivity index (χ1) is 53.9. The summed E-state index contributed by atoms with van der Waals surface area (Å²) in [5, 5.41) is 82.3. The summed E-state index contributed by atoms with van der Waals surface area (Å²) in [6.45, 7) is 2.87. The van der Waals surface area contributed by atoms with E-state index < -0.39 is 199 Å². The second kappa shape index (κ2) is 48.3. The molecule has 4 aromatic rings. The van der Waals surface area contributed by atoms with E-state index in [1.807, 2.05) is 0 Å². The molecule has 1 saturated carbocycles. The number of rotatable bonds is 48. The quantitative estimate of drug-likeness (QED) is 0.0146. The number of carbonyl (C=O) groups is 14. The van der Waals surface area contributed by atoms with E-state index in [0.29, 0.717) is 72.5 Å². The number of H-pyrrole nitrogens is 1. The SMILES string of the molecule is C[C@H](NC(=O)[C@H](CCCCN)NC(=O)[C@H](CS)NC(=O)CNC(=O)[C@H](N)CO)C(=O)N[C@@H](Cc1ccccc1)C(=O)N[C@@H](Cc1ccccc1)C(=O)N[C@H](Cc1c[nH]c2ccccc12)C(=O)N[C@@H](CCCCN)C(=O)N[C@H](C(=O)N[C@@H](C)C(=O)N[C@H](C(=O)N[C@@H](CO)C(=O)N(C1CCCCC1)[C@H](CS)C(=O)O)[C@@H](C)O)[C@@H](C)O. The van der Waals surface area contributed by atoms with Gasteiger partial charge in [0.15, 0.2) is 0 Å². The van der Waals surface area contributed by atoms with Crippen LogP contribution in [0.5, 0.6) is 0 Å². The van der Waals surface area contributed by atoms with Gasteiger partial charge in [0, 0.05) is 53.9 Å². The Morgan fingerprint density at radius 1 is 0.478 bits per heavy atom. The summed E-state index contributed by atoms with van der Waals surface area (Å²) in [4.78, 5) is 199. The van der Waals surface area contributed by atoms with Crippen molar-refractivity contribution in [1.82, 2.24) is 73.7 Å². The van der Waals surface area contributed by atoms with Gasteiger partial charge in [0.1, 0.15) is 78.5 Å². The second-order valence-corrected chi connectivity index (χ2v) is 28.6. The van der Waals surface area contributed by atoms with Crippen LogP contribution in [0.1, 0.15) is 115 Å². The van der Waals surface area contributed by atoms with Gasteiger partial charge in [-0.1, -0.05) is 98.1 Å². The number of amides is 13. The molecule has 13 amide bonds. The van der Waals surface area contributed by atoms with Crippen molar-refractivity contribution in [2.75, 3.05) is 44.4 Å². The van der Waals surface area contributed by atoms with Crippen molar-refractivity contribution < 1.29 is 92.7 Å². The molecule has 1 fully saturated rings. The molecule has 0 saturated heterocycles. The normalized spacial score (nSPS) is 16.2. The summed E-state index contributed by atoms with van der Waals surface area (Å²) in [6.07, 6.45) is 1.96. The standard InChI is InChI=1S/C75H111N17O19S2/c1-41(81-66(101)52(28-16-18-30-76)85-71(106)58(39-112)83-60(97)36-80-65(100)50(78)37-93)63(98)86-54(32-45-20-8-5-9-21-45)68(103)87-55(33-46-22-10-6-11-23-46)69(104)88-56(34-47-35-79-51-27-15-14-26-49(47)51)70(105)84-53(29-17-19-31-77)67(102)91-61(43(3)95)72(107)82-42(2)64(99)90-62(44(4)96)73(108)89-57(38-94)74(109)92(59(40-113)75(110)111)48-24-12-7-13-25-48/h5-6,8-11,14-15,20-23,26-27,35,41-44,48,50,52-59,61-62,79,93-96,112-113H,7,12-13,16-19,24-25,28-34,36-40,76-78H2,1-4H3,(H,80,100)(H,81,101)(H,82,107)(H,83,97)(H,84,105)(H,85,106)(H,86,98)(H,87,103)(H,88,104)(H,89,108)(H,90,99)(H,91,102)(H,110,111)/t41-,42-,43+,44+,50+,52-,53-,54-,55-,56+,57-,58-,59+,61-,62-/m0/s1. The first-order valence-electron chi connectivity index (χ1n) is 37.6. The molecule has 24 N–H and O–H groups in total. The Balaban J connectivity index is 1.38. The van der Waals surface area contributed by atoms with Gasteiger partial charge in [-0.05, 0) is 115 Å². The third kappa shape index (κ3) is 29.9.